The summed E-state index contributed by atoms with van der Waals surface area (Å²) in [5.74, 6) is 0.179. The zero-order valence-corrected chi connectivity index (χ0v) is 14.4. The minimum atomic E-state index is -0.272. The van der Waals surface area contributed by atoms with Crippen LogP contribution in [0.5, 0.6) is 0 Å². The molecule has 6 nitrogen and oxygen atoms in total. The summed E-state index contributed by atoms with van der Waals surface area (Å²) >= 11 is 0. The number of nitrogens with zero attached hydrogens (tertiary/aromatic N) is 3. The van der Waals surface area contributed by atoms with Gasteiger partial charge in [-0.3, -0.25) is 14.6 Å². The van der Waals surface area contributed by atoms with Gasteiger partial charge in [-0.2, -0.15) is 0 Å². The smallest absolute Gasteiger partial charge is 0.234 e. The van der Waals surface area contributed by atoms with Gasteiger partial charge < -0.3 is 15.3 Å². The van der Waals surface area contributed by atoms with Crippen LogP contribution in [0.3, 0.4) is 0 Å². The van der Waals surface area contributed by atoms with Crippen molar-refractivity contribution in [3.05, 3.63) is 0 Å². The SMILES string of the molecule is C[C@H](O)CN1CCN(CC(=O)NC2CCN(C3CC3)CC2)CC1. The molecule has 1 aliphatic carbocycles. The van der Waals surface area contributed by atoms with Gasteiger partial charge in [-0.05, 0) is 32.6 Å². The van der Waals surface area contributed by atoms with Gasteiger partial charge in [-0.15, -0.1) is 0 Å². The molecule has 0 aromatic rings. The Bertz CT molecular complexity index is 384. The first-order valence-corrected chi connectivity index (χ1v) is 9.26. The Morgan fingerprint density at radius 1 is 1.04 bits per heavy atom. The third-order valence-corrected chi connectivity index (χ3v) is 5.31. The molecule has 0 aromatic carbocycles. The highest BCUT2D eigenvalue weighted by Gasteiger charge is 2.32. The number of nitrogens with one attached hydrogen (secondary N) is 1. The van der Waals surface area contributed by atoms with Crippen LogP contribution in [-0.4, -0.2) is 96.3 Å². The molecule has 6 heteroatoms. The van der Waals surface area contributed by atoms with Crippen LogP contribution < -0.4 is 5.32 Å². The zero-order chi connectivity index (χ0) is 16.2. The zero-order valence-electron chi connectivity index (χ0n) is 14.4. The molecule has 3 aliphatic rings. The molecule has 3 rings (SSSR count). The number of aliphatic hydroxyl groups is 1. The lowest BCUT2D eigenvalue weighted by atomic mass is 10.0. The second-order valence-electron chi connectivity index (χ2n) is 7.53. The average molecular weight is 324 g/mol. The fraction of sp³-hybridized carbons (Fsp3) is 0.941. The molecule has 3 fully saturated rings. The Morgan fingerprint density at radius 2 is 1.65 bits per heavy atom. The lowest BCUT2D eigenvalue weighted by molar-refractivity contribution is -0.123. The molecule has 0 aromatic heterocycles. The largest absolute Gasteiger partial charge is 0.392 e. The number of piperidine rings is 1. The molecule has 0 spiro atoms. The molecule has 2 saturated heterocycles. The summed E-state index contributed by atoms with van der Waals surface area (Å²) in [7, 11) is 0. The van der Waals surface area contributed by atoms with E-state index < -0.39 is 0 Å². The van der Waals surface area contributed by atoms with Crippen molar-refractivity contribution in [1.82, 2.24) is 20.0 Å². The van der Waals surface area contributed by atoms with E-state index in [1.807, 2.05) is 6.92 Å². The van der Waals surface area contributed by atoms with Crippen LogP contribution in [0.1, 0.15) is 32.6 Å². The van der Waals surface area contributed by atoms with Crippen LogP contribution in [0.4, 0.5) is 0 Å². The highest BCUT2D eigenvalue weighted by molar-refractivity contribution is 5.78. The van der Waals surface area contributed by atoms with Gasteiger partial charge in [0.05, 0.1) is 12.6 Å². The standard InChI is InChI=1S/C17H32N4O2/c1-14(22)12-19-8-10-20(11-9-19)13-17(23)18-15-4-6-21(7-5-15)16-2-3-16/h14-16,22H,2-13H2,1H3,(H,18,23)/t14-/m0/s1. The van der Waals surface area contributed by atoms with Crippen LogP contribution in [0.15, 0.2) is 0 Å². The number of hydrogen-bond donors (Lipinski definition) is 2. The van der Waals surface area contributed by atoms with Gasteiger partial charge in [-0.1, -0.05) is 0 Å². The topological polar surface area (TPSA) is 59.1 Å². The number of piperazine rings is 1. The van der Waals surface area contributed by atoms with E-state index in [4.69, 9.17) is 0 Å². The van der Waals surface area contributed by atoms with Crippen molar-refractivity contribution in [2.45, 2.75) is 50.8 Å². The van der Waals surface area contributed by atoms with Crippen LogP contribution in [-0.2, 0) is 4.79 Å². The molecule has 2 N–H and O–H groups in total. The van der Waals surface area contributed by atoms with Gasteiger partial charge in [-0.25, -0.2) is 0 Å². The number of carbonyl (C=O) groups excluding carboxylic acids is 1. The molecule has 1 amide bonds. The van der Waals surface area contributed by atoms with E-state index in [0.717, 1.165) is 64.7 Å². The van der Waals surface area contributed by atoms with Gasteiger partial charge in [0.15, 0.2) is 0 Å². The van der Waals surface area contributed by atoms with Gasteiger partial charge >= 0.3 is 0 Å². The first kappa shape index (κ1) is 17.1. The fourth-order valence-electron chi connectivity index (χ4n) is 3.83. The monoisotopic (exact) mass is 324 g/mol. The summed E-state index contributed by atoms with van der Waals surface area (Å²) < 4.78 is 0. The number of aliphatic hydroxyl groups excluding tert-OH is 1. The van der Waals surface area contributed by atoms with E-state index in [0.29, 0.717) is 12.6 Å². The van der Waals surface area contributed by atoms with Crippen LogP contribution >= 0.6 is 0 Å². The Labute approximate surface area is 139 Å². The maximum atomic E-state index is 12.2. The maximum Gasteiger partial charge on any atom is 0.234 e. The van der Waals surface area contributed by atoms with Crippen LogP contribution in [0, 0.1) is 0 Å². The minimum Gasteiger partial charge on any atom is -0.392 e. The minimum absolute atomic E-state index is 0.179. The number of likely N-dealkylation sites (tertiary alicyclic amines) is 1. The highest BCUT2D eigenvalue weighted by atomic mass is 16.3. The quantitative estimate of drug-likeness (QED) is 0.704. The molecule has 0 radical (unpaired) electrons. The van der Waals surface area contributed by atoms with Crippen molar-refractivity contribution in [3.8, 4) is 0 Å². The molecule has 2 aliphatic heterocycles. The van der Waals surface area contributed by atoms with Crippen molar-refractivity contribution in [3.63, 3.8) is 0 Å². The number of carbonyl (C=O) groups is 1. The third-order valence-electron chi connectivity index (χ3n) is 5.31. The first-order chi connectivity index (χ1) is 11.1. The Kier molecular flexibility index (Phi) is 5.91. The summed E-state index contributed by atoms with van der Waals surface area (Å²) in [4.78, 5) is 19.3. The molecule has 2 heterocycles. The summed E-state index contributed by atoms with van der Waals surface area (Å²) in [5, 5.41) is 12.7. The first-order valence-electron chi connectivity index (χ1n) is 9.26. The normalized spacial score (nSPS) is 27.0. The lowest BCUT2D eigenvalue weighted by Gasteiger charge is -2.36. The summed E-state index contributed by atoms with van der Waals surface area (Å²) in [6.07, 6.45) is 4.68. The third kappa shape index (κ3) is 5.41. The van der Waals surface area contributed by atoms with E-state index in [2.05, 4.69) is 20.0 Å². The molecule has 1 atom stereocenters. The average Bonchev–Trinajstić information content (AvgIpc) is 3.34. The number of amides is 1. The summed E-state index contributed by atoms with van der Waals surface area (Å²) in [5.41, 5.74) is 0. The Morgan fingerprint density at radius 3 is 2.22 bits per heavy atom. The van der Waals surface area contributed by atoms with E-state index in [9.17, 15) is 9.90 Å². The molecule has 1 saturated carbocycles. The van der Waals surface area contributed by atoms with E-state index in [1.165, 1.54) is 12.8 Å². The second-order valence-corrected chi connectivity index (χ2v) is 7.53. The van der Waals surface area contributed by atoms with Crippen LogP contribution in [0.25, 0.3) is 0 Å². The Hall–Kier alpha value is -0.690. The fourth-order valence-corrected chi connectivity index (χ4v) is 3.83. The molecule has 0 unspecified atom stereocenters. The van der Waals surface area contributed by atoms with E-state index in [-0.39, 0.29) is 12.0 Å². The van der Waals surface area contributed by atoms with E-state index in [1.54, 1.807) is 0 Å². The maximum absolute atomic E-state index is 12.2. The van der Waals surface area contributed by atoms with Gasteiger partial charge in [0, 0.05) is 57.9 Å². The predicted molar refractivity (Wildman–Crippen MR) is 90.3 cm³/mol. The molecule has 0 bridgehead atoms. The number of β-amino-alcohol motifs (C(OH)–C–C–N with tert-alkyl or cyclic N) is 1. The Balaban J connectivity index is 1.31. The highest BCUT2D eigenvalue weighted by Crippen LogP contribution is 2.29. The molecule has 23 heavy (non-hydrogen) atoms. The van der Waals surface area contributed by atoms with Crippen LogP contribution in [0.2, 0.25) is 0 Å². The lowest BCUT2D eigenvalue weighted by Crippen LogP contribution is -2.52. The van der Waals surface area contributed by atoms with E-state index >= 15 is 0 Å². The van der Waals surface area contributed by atoms with Crippen molar-refractivity contribution < 1.29 is 9.90 Å². The summed E-state index contributed by atoms with van der Waals surface area (Å²) in [6, 6.07) is 1.22. The van der Waals surface area contributed by atoms with Crippen molar-refractivity contribution in [1.29, 1.82) is 0 Å². The molecular weight excluding hydrogens is 292 g/mol. The van der Waals surface area contributed by atoms with Gasteiger partial charge in [0.1, 0.15) is 0 Å². The second kappa shape index (κ2) is 7.92. The summed E-state index contributed by atoms with van der Waals surface area (Å²) in [6.45, 7) is 9.09. The van der Waals surface area contributed by atoms with Crippen molar-refractivity contribution >= 4 is 5.91 Å². The van der Waals surface area contributed by atoms with Gasteiger partial charge in [0.2, 0.25) is 5.91 Å². The number of rotatable bonds is 6. The predicted octanol–water partition coefficient (Wildman–Crippen LogP) is -0.272. The molecule has 132 valence electrons. The van der Waals surface area contributed by atoms with Crippen molar-refractivity contribution in [2.75, 3.05) is 52.4 Å². The molecular formula is C17H32N4O2. The number of hydrogen-bond acceptors (Lipinski definition) is 5. The van der Waals surface area contributed by atoms with Gasteiger partial charge in [0.25, 0.3) is 0 Å². The van der Waals surface area contributed by atoms with Crippen molar-refractivity contribution in [2.24, 2.45) is 0 Å².